The Morgan fingerprint density at radius 1 is 1.20 bits per heavy atom. The van der Waals surface area contributed by atoms with E-state index in [-0.39, 0.29) is 43.1 Å². The molecule has 2 heteroatoms. The van der Waals surface area contributed by atoms with Gasteiger partial charge < -0.3 is 19.9 Å². The van der Waals surface area contributed by atoms with Crippen molar-refractivity contribution in [1.29, 1.82) is 0 Å². The molecule has 0 nitrogen and oxygen atoms in total. The first-order valence-electron chi connectivity index (χ1n) is 1.15. The third kappa shape index (κ3) is 32.9. The minimum atomic E-state index is 0. The van der Waals surface area contributed by atoms with E-state index in [0.29, 0.717) is 0 Å². The smallest absolute Gasteiger partial charge is 0.813 e. The van der Waals surface area contributed by atoms with Gasteiger partial charge in [-0.05, 0) is 0 Å². The summed E-state index contributed by atoms with van der Waals surface area (Å²) < 4.78 is 0. The van der Waals surface area contributed by atoms with Crippen LogP contribution in [0, 0.1) is 6.42 Å². The summed E-state index contributed by atoms with van der Waals surface area (Å²) in [6.07, 6.45) is 2.00. The van der Waals surface area contributed by atoms with Crippen LogP contribution in [-0.2, 0) is 13.5 Å². The molecular weight excluding hydrogens is 91.1 g/mol. The van der Waals surface area contributed by atoms with Crippen molar-refractivity contribution >= 4 is 13.5 Å². The second-order valence-corrected chi connectivity index (χ2v) is 0.577. The normalized spacial score (nSPS) is 3.60. The predicted molar refractivity (Wildman–Crippen MR) is 24.4 cm³/mol. The third-order valence-corrected chi connectivity index (χ3v) is 0. The summed E-state index contributed by atoms with van der Waals surface area (Å²) in [5.41, 5.74) is 0. The molecule has 0 atom stereocenters. The van der Waals surface area contributed by atoms with Crippen LogP contribution in [0.2, 0.25) is 0 Å². The SMILES string of the molecule is C[CH-]C.[Na+].[SH-]. The molecule has 0 aliphatic heterocycles. The molecule has 0 saturated carbocycles. The Morgan fingerprint density at radius 2 is 1.20 bits per heavy atom. The maximum absolute atomic E-state index is 2.00. The van der Waals surface area contributed by atoms with E-state index >= 15 is 0 Å². The summed E-state index contributed by atoms with van der Waals surface area (Å²) in [6.45, 7) is 4.00. The standard InChI is InChI=1S/C3H7.Na.H2S/c1-3-2;;/h3H,1-2H3;;1H2/q-1;+1;/p-1. The average molecular weight is 99.2 g/mol. The molecule has 0 unspecified atom stereocenters. The van der Waals surface area contributed by atoms with E-state index in [0.717, 1.165) is 0 Å². The first-order chi connectivity index (χ1) is 1.41. The topological polar surface area (TPSA) is 0 Å². The van der Waals surface area contributed by atoms with Gasteiger partial charge in [0, 0.05) is 0 Å². The molecule has 0 aromatic rings. The molecule has 0 amide bonds. The Labute approximate surface area is 63.1 Å². The van der Waals surface area contributed by atoms with Gasteiger partial charge >= 0.3 is 29.6 Å². The number of rotatable bonds is 0. The Hall–Kier alpha value is 1.35. The van der Waals surface area contributed by atoms with Gasteiger partial charge in [-0.3, -0.25) is 0 Å². The predicted octanol–water partition coefficient (Wildman–Crippen LogP) is -2.04. The summed E-state index contributed by atoms with van der Waals surface area (Å²) >= 11 is 0. The van der Waals surface area contributed by atoms with Gasteiger partial charge in [-0.25, -0.2) is 0 Å². The van der Waals surface area contributed by atoms with Crippen molar-refractivity contribution in [1.82, 2.24) is 0 Å². The van der Waals surface area contributed by atoms with Crippen LogP contribution in [0.25, 0.3) is 0 Å². The van der Waals surface area contributed by atoms with Crippen molar-refractivity contribution in [3.8, 4) is 0 Å². The molecule has 0 saturated heterocycles. The van der Waals surface area contributed by atoms with Crippen LogP contribution in [0.4, 0.5) is 0 Å². The molecule has 0 heterocycles. The van der Waals surface area contributed by atoms with E-state index in [1.807, 2.05) is 20.3 Å². The van der Waals surface area contributed by atoms with Gasteiger partial charge in [0.25, 0.3) is 0 Å². The zero-order chi connectivity index (χ0) is 2.71. The molecular formula is C3H8NaS-. The zero-order valence-electron chi connectivity index (χ0n) is 4.02. The van der Waals surface area contributed by atoms with Gasteiger partial charge in [-0.2, -0.15) is 13.8 Å². The molecule has 0 aliphatic carbocycles. The van der Waals surface area contributed by atoms with Gasteiger partial charge in [0.15, 0.2) is 0 Å². The fraction of sp³-hybridized carbons (Fsp3) is 0.667. The average Bonchev–Trinajstić information content (AvgIpc) is 0.918. The van der Waals surface area contributed by atoms with E-state index in [1.54, 1.807) is 0 Å². The second-order valence-electron chi connectivity index (χ2n) is 0.577. The molecule has 0 bridgehead atoms. The van der Waals surface area contributed by atoms with Crippen molar-refractivity contribution < 1.29 is 29.6 Å². The van der Waals surface area contributed by atoms with Gasteiger partial charge in [0.1, 0.15) is 0 Å². The second kappa shape index (κ2) is 18.3. The monoisotopic (exact) mass is 99.0 g/mol. The third-order valence-electron chi connectivity index (χ3n) is 0. The molecule has 0 aromatic carbocycles. The van der Waals surface area contributed by atoms with Crippen LogP contribution in [0.15, 0.2) is 0 Å². The number of hydrogen-bond acceptors (Lipinski definition) is 1. The molecule has 0 aromatic heterocycles. The Kier molecular flexibility index (Phi) is 59.4. The maximum Gasteiger partial charge on any atom is 1.00 e. The molecule has 0 N–H and O–H groups in total. The van der Waals surface area contributed by atoms with E-state index < -0.39 is 0 Å². The van der Waals surface area contributed by atoms with Gasteiger partial charge in [0.05, 0.1) is 0 Å². The summed E-state index contributed by atoms with van der Waals surface area (Å²) in [5.74, 6) is 0. The van der Waals surface area contributed by atoms with Crippen LogP contribution in [0.3, 0.4) is 0 Å². The van der Waals surface area contributed by atoms with Crippen molar-refractivity contribution in [2.75, 3.05) is 0 Å². The van der Waals surface area contributed by atoms with Crippen molar-refractivity contribution in [2.24, 2.45) is 0 Å². The summed E-state index contributed by atoms with van der Waals surface area (Å²) in [5, 5.41) is 0. The number of thiol groups is 1. The van der Waals surface area contributed by atoms with Crippen LogP contribution in [0.5, 0.6) is 0 Å². The quantitative estimate of drug-likeness (QED) is 0.146. The molecule has 0 rings (SSSR count). The maximum atomic E-state index is 2.00. The van der Waals surface area contributed by atoms with Gasteiger partial charge in [0.2, 0.25) is 0 Å². The molecule has 0 aliphatic rings. The number of hydrogen-bond donors (Lipinski definition) is 0. The van der Waals surface area contributed by atoms with E-state index in [4.69, 9.17) is 0 Å². The van der Waals surface area contributed by atoms with Gasteiger partial charge in [-0.15, -0.1) is 0 Å². The first kappa shape index (κ1) is 16.2. The van der Waals surface area contributed by atoms with E-state index in [2.05, 4.69) is 0 Å². The fourth-order valence-electron chi connectivity index (χ4n) is 0. The van der Waals surface area contributed by atoms with E-state index in [1.165, 1.54) is 0 Å². The Balaban J connectivity index is -0.0000000200. The molecule has 5 heavy (non-hydrogen) atoms. The minimum Gasteiger partial charge on any atom is -0.813 e. The van der Waals surface area contributed by atoms with Crippen molar-refractivity contribution in [3.05, 3.63) is 6.42 Å². The zero-order valence-corrected chi connectivity index (χ0v) is 6.92. The van der Waals surface area contributed by atoms with Crippen LogP contribution in [0.1, 0.15) is 13.8 Å². The van der Waals surface area contributed by atoms with Crippen LogP contribution >= 0.6 is 0 Å². The molecule has 0 radical (unpaired) electrons. The van der Waals surface area contributed by atoms with Crippen molar-refractivity contribution in [3.63, 3.8) is 0 Å². The molecule has 0 spiro atoms. The minimum absolute atomic E-state index is 0. The molecule has 0 fully saturated rings. The first-order valence-corrected chi connectivity index (χ1v) is 1.15. The van der Waals surface area contributed by atoms with Crippen LogP contribution in [-0.4, -0.2) is 0 Å². The van der Waals surface area contributed by atoms with Crippen molar-refractivity contribution in [2.45, 2.75) is 13.8 Å². The Morgan fingerprint density at radius 3 is 1.20 bits per heavy atom. The largest absolute Gasteiger partial charge is 1.00 e. The summed E-state index contributed by atoms with van der Waals surface area (Å²) in [7, 11) is 0. The fourth-order valence-corrected chi connectivity index (χ4v) is 0. The van der Waals surface area contributed by atoms with Crippen LogP contribution < -0.4 is 29.6 Å². The van der Waals surface area contributed by atoms with E-state index in [9.17, 15) is 0 Å². The molecule has 28 valence electrons. The summed E-state index contributed by atoms with van der Waals surface area (Å²) in [6, 6.07) is 0. The van der Waals surface area contributed by atoms with Gasteiger partial charge in [-0.1, -0.05) is 0 Å². The summed E-state index contributed by atoms with van der Waals surface area (Å²) in [4.78, 5) is 0. The Bertz CT molecular complexity index is 6.85.